The Morgan fingerprint density at radius 1 is 1.53 bits per heavy atom. The van der Waals surface area contributed by atoms with Gasteiger partial charge in [-0.1, -0.05) is 0 Å². The summed E-state index contributed by atoms with van der Waals surface area (Å²) >= 11 is 0. The third kappa shape index (κ3) is 2.79. The zero-order valence-corrected chi connectivity index (χ0v) is 9.28. The van der Waals surface area contributed by atoms with E-state index in [-0.39, 0.29) is 0 Å². The molecule has 0 unspecified atom stereocenters. The second-order valence-corrected chi connectivity index (χ2v) is 3.93. The molecule has 1 aromatic rings. The van der Waals surface area contributed by atoms with Crippen molar-refractivity contribution in [1.29, 1.82) is 0 Å². The Morgan fingerprint density at radius 2 is 2.33 bits per heavy atom. The van der Waals surface area contributed by atoms with Gasteiger partial charge >= 0.3 is 0 Å². The van der Waals surface area contributed by atoms with Crippen molar-refractivity contribution in [2.75, 3.05) is 13.1 Å². The van der Waals surface area contributed by atoms with Crippen molar-refractivity contribution in [2.24, 2.45) is 0 Å². The minimum atomic E-state index is 0.423. The third-order valence-corrected chi connectivity index (χ3v) is 2.89. The molecular weight excluding hydrogens is 190 g/mol. The topological polar surface area (TPSA) is 39.1 Å². The molecule has 15 heavy (non-hydrogen) atoms. The normalized spacial score (nSPS) is 18.2. The molecular formula is C11H19N3O. The van der Waals surface area contributed by atoms with Crippen LogP contribution in [0.5, 0.6) is 0 Å². The first-order valence-electron chi connectivity index (χ1n) is 5.71. The Bertz CT molecular complexity index is 292. The van der Waals surface area contributed by atoms with Gasteiger partial charge in [0, 0.05) is 6.54 Å². The summed E-state index contributed by atoms with van der Waals surface area (Å²) in [6, 6.07) is 0. The Labute approximate surface area is 90.6 Å². The van der Waals surface area contributed by atoms with E-state index in [0.29, 0.717) is 12.7 Å². The Hall–Kier alpha value is -0.870. The van der Waals surface area contributed by atoms with E-state index in [9.17, 15) is 0 Å². The van der Waals surface area contributed by atoms with E-state index < -0.39 is 0 Å². The minimum Gasteiger partial charge on any atom is -0.372 e. The van der Waals surface area contributed by atoms with Crippen LogP contribution in [0, 0.1) is 0 Å². The van der Waals surface area contributed by atoms with Gasteiger partial charge in [-0.15, -0.1) is 0 Å². The fraction of sp³-hybridized carbons (Fsp3) is 0.727. The number of nitrogens with zero attached hydrogens (tertiary/aromatic N) is 2. The highest BCUT2D eigenvalue weighted by molar-refractivity contribution is 4.96. The third-order valence-electron chi connectivity index (χ3n) is 2.89. The van der Waals surface area contributed by atoms with Crippen LogP contribution in [0.1, 0.15) is 25.5 Å². The van der Waals surface area contributed by atoms with Gasteiger partial charge in [-0.3, -0.25) is 0 Å². The molecule has 0 amide bonds. The number of piperidine rings is 1. The van der Waals surface area contributed by atoms with Crippen LogP contribution < -0.4 is 5.32 Å². The van der Waals surface area contributed by atoms with Gasteiger partial charge in [0.25, 0.3) is 0 Å². The molecule has 0 spiro atoms. The highest BCUT2D eigenvalue weighted by Crippen LogP contribution is 2.10. The van der Waals surface area contributed by atoms with Gasteiger partial charge in [0.15, 0.2) is 0 Å². The van der Waals surface area contributed by atoms with Crippen molar-refractivity contribution < 1.29 is 4.74 Å². The van der Waals surface area contributed by atoms with E-state index in [1.54, 1.807) is 0 Å². The van der Waals surface area contributed by atoms with Crippen LogP contribution in [-0.4, -0.2) is 28.7 Å². The van der Waals surface area contributed by atoms with E-state index in [2.05, 4.69) is 21.8 Å². The van der Waals surface area contributed by atoms with Crippen molar-refractivity contribution in [3.63, 3.8) is 0 Å². The van der Waals surface area contributed by atoms with Crippen molar-refractivity contribution in [3.05, 3.63) is 18.2 Å². The van der Waals surface area contributed by atoms with E-state index in [4.69, 9.17) is 4.74 Å². The Morgan fingerprint density at radius 3 is 3.07 bits per heavy atom. The summed E-state index contributed by atoms with van der Waals surface area (Å²) in [6.07, 6.45) is 6.43. The minimum absolute atomic E-state index is 0.423. The van der Waals surface area contributed by atoms with Crippen LogP contribution in [0.3, 0.4) is 0 Å². The quantitative estimate of drug-likeness (QED) is 0.809. The highest BCUT2D eigenvalue weighted by Gasteiger charge is 2.13. The number of ether oxygens (including phenoxy) is 1. The first-order chi connectivity index (χ1) is 7.40. The van der Waals surface area contributed by atoms with Crippen LogP contribution >= 0.6 is 0 Å². The molecule has 2 rings (SSSR count). The number of rotatable bonds is 4. The maximum Gasteiger partial charge on any atom is 0.0948 e. The van der Waals surface area contributed by atoms with E-state index in [1.807, 2.05) is 12.5 Å². The van der Waals surface area contributed by atoms with Crippen molar-refractivity contribution in [3.8, 4) is 0 Å². The lowest BCUT2D eigenvalue weighted by atomic mass is 10.1. The van der Waals surface area contributed by atoms with Gasteiger partial charge < -0.3 is 14.6 Å². The molecule has 1 aliphatic rings. The molecule has 0 aliphatic carbocycles. The lowest BCUT2D eigenvalue weighted by Crippen LogP contribution is -2.32. The number of aryl methyl sites for hydroxylation is 1. The maximum absolute atomic E-state index is 5.87. The summed E-state index contributed by atoms with van der Waals surface area (Å²) in [5.41, 5.74) is 1.18. The summed E-state index contributed by atoms with van der Waals surface area (Å²) in [6.45, 7) is 5.94. The summed E-state index contributed by atoms with van der Waals surface area (Å²) in [5.74, 6) is 0. The van der Waals surface area contributed by atoms with Crippen molar-refractivity contribution >= 4 is 0 Å². The van der Waals surface area contributed by atoms with E-state index in [0.717, 1.165) is 32.5 Å². The van der Waals surface area contributed by atoms with Crippen LogP contribution in [-0.2, 0) is 17.9 Å². The number of hydrogen-bond donors (Lipinski definition) is 1. The first-order valence-corrected chi connectivity index (χ1v) is 5.71. The van der Waals surface area contributed by atoms with Crippen LogP contribution in [0.2, 0.25) is 0 Å². The summed E-state index contributed by atoms with van der Waals surface area (Å²) in [5, 5.41) is 3.33. The maximum atomic E-state index is 5.87. The first kappa shape index (κ1) is 10.6. The van der Waals surface area contributed by atoms with Gasteiger partial charge in [-0.25, -0.2) is 4.98 Å². The molecule has 1 saturated heterocycles. The van der Waals surface area contributed by atoms with Crippen LogP contribution in [0.15, 0.2) is 12.5 Å². The molecule has 0 atom stereocenters. The standard InChI is InChI=1S/C11H19N3O/c1-2-14-9-13-7-10(14)8-15-11-3-5-12-6-4-11/h7,9,11-12H,2-6,8H2,1H3. The predicted octanol–water partition coefficient (Wildman–Crippen LogP) is 1.17. The fourth-order valence-corrected chi connectivity index (χ4v) is 1.92. The average molecular weight is 209 g/mol. The second-order valence-electron chi connectivity index (χ2n) is 3.93. The van der Waals surface area contributed by atoms with Crippen LogP contribution in [0.25, 0.3) is 0 Å². The number of aromatic nitrogens is 2. The largest absolute Gasteiger partial charge is 0.372 e. The molecule has 1 aromatic heterocycles. The lowest BCUT2D eigenvalue weighted by molar-refractivity contribution is 0.0183. The molecule has 84 valence electrons. The van der Waals surface area contributed by atoms with Gasteiger partial charge in [-0.05, 0) is 32.9 Å². The second kappa shape index (κ2) is 5.28. The molecule has 1 fully saturated rings. The summed E-state index contributed by atoms with van der Waals surface area (Å²) in [4.78, 5) is 4.13. The number of nitrogens with one attached hydrogen (secondary N) is 1. The molecule has 1 N–H and O–H groups in total. The summed E-state index contributed by atoms with van der Waals surface area (Å²) < 4.78 is 8.00. The number of imidazole rings is 1. The smallest absolute Gasteiger partial charge is 0.0948 e. The number of hydrogen-bond acceptors (Lipinski definition) is 3. The zero-order valence-electron chi connectivity index (χ0n) is 9.28. The molecule has 4 heteroatoms. The molecule has 2 heterocycles. The molecule has 0 radical (unpaired) electrons. The predicted molar refractivity (Wildman–Crippen MR) is 58.6 cm³/mol. The Kier molecular flexibility index (Phi) is 3.75. The zero-order chi connectivity index (χ0) is 10.5. The van der Waals surface area contributed by atoms with Gasteiger partial charge in [0.1, 0.15) is 0 Å². The summed E-state index contributed by atoms with van der Waals surface area (Å²) in [7, 11) is 0. The van der Waals surface area contributed by atoms with Crippen molar-refractivity contribution in [1.82, 2.24) is 14.9 Å². The lowest BCUT2D eigenvalue weighted by Gasteiger charge is -2.23. The Balaban J connectivity index is 1.81. The molecule has 1 aliphatic heterocycles. The molecule has 0 saturated carbocycles. The van der Waals surface area contributed by atoms with E-state index >= 15 is 0 Å². The van der Waals surface area contributed by atoms with Crippen LogP contribution in [0.4, 0.5) is 0 Å². The van der Waals surface area contributed by atoms with Crippen molar-refractivity contribution in [2.45, 2.75) is 39.0 Å². The SMILES string of the molecule is CCn1cncc1COC1CCNCC1. The van der Waals surface area contributed by atoms with Gasteiger partial charge in [0.05, 0.1) is 30.9 Å². The average Bonchev–Trinajstić information content (AvgIpc) is 2.75. The monoisotopic (exact) mass is 209 g/mol. The molecule has 4 nitrogen and oxygen atoms in total. The highest BCUT2D eigenvalue weighted by atomic mass is 16.5. The molecule has 0 bridgehead atoms. The fourth-order valence-electron chi connectivity index (χ4n) is 1.92. The van der Waals surface area contributed by atoms with Gasteiger partial charge in [-0.2, -0.15) is 0 Å². The van der Waals surface area contributed by atoms with E-state index in [1.165, 1.54) is 5.69 Å². The molecule has 0 aromatic carbocycles. The van der Waals surface area contributed by atoms with Gasteiger partial charge in [0.2, 0.25) is 0 Å².